The van der Waals surface area contributed by atoms with Crippen LogP contribution in [0.3, 0.4) is 0 Å². The minimum atomic E-state index is 0. The standard InChI is InChI=1S/C18H33N5S.HI/c1-5-17-21-16(13-24-17)7-10-20-18(19-6-2)22-15-8-11-23(12-9-15)14(3)4;/h13-15H,5-12H2,1-4H3,(H2,19,20,22);1H. The molecule has 1 aliphatic rings. The van der Waals surface area contributed by atoms with Gasteiger partial charge < -0.3 is 15.5 Å². The summed E-state index contributed by atoms with van der Waals surface area (Å²) in [5, 5.41) is 10.4. The number of likely N-dealkylation sites (tertiary alicyclic amines) is 1. The van der Waals surface area contributed by atoms with Gasteiger partial charge in [0.05, 0.1) is 10.7 Å². The van der Waals surface area contributed by atoms with Gasteiger partial charge in [-0.05, 0) is 40.0 Å². The first-order valence-electron chi connectivity index (χ1n) is 9.34. The molecule has 0 atom stereocenters. The molecule has 1 aromatic rings. The van der Waals surface area contributed by atoms with Crippen LogP contribution in [-0.2, 0) is 12.8 Å². The van der Waals surface area contributed by atoms with E-state index in [4.69, 9.17) is 4.99 Å². The van der Waals surface area contributed by atoms with E-state index in [0.29, 0.717) is 12.1 Å². The number of aromatic nitrogens is 1. The minimum Gasteiger partial charge on any atom is -0.357 e. The first-order valence-corrected chi connectivity index (χ1v) is 10.2. The Balaban J connectivity index is 0.00000312. The fourth-order valence-electron chi connectivity index (χ4n) is 2.98. The molecule has 2 N–H and O–H groups in total. The number of thiazole rings is 1. The lowest BCUT2D eigenvalue weighted by Gasteiger charge is -2.35. The van der Waals surface area contributed by atoms with Crippen LogP contribution in [0.25, 0.3) is 0 Å². The van der Waals surface area contributed by atoms with Gasteiger partial charge in [-0.1, -0.05) is 6.92 Å². The molecule has 25 heavy (non-hydrogen) atoms. The van der Waals surface area contributed by atoms with Crippen molar-refractivity contribution < 1.29 is 0 Å². The van der Waals surface area contributed by atoms with E-state index < -0.39 is 0 Å². The van der Waals surface area contributed by atoms with Crippen LogP contribution >= 0.6 is 35.3 Å². The predicted octanol–water partition coefficient (Wildman–Crippen LogP) is 3.29. The van der Waals surface area contributed by atoms with Crippen molar-refractivity contribution in [1.29, 1.82) is 0 Å². The van der Waals surface area contributed by atoms with Crippen LogP contribution in [0, 0.1) is 0 Å². The van der Waals surface area contributed by atoms with Crippen LogP contribution in [0.2, 0.25) is 0 Å². The molecule has 0 aliphatic carbocycles. The first kappa shape index (κ1) is 22.6. The third-order valence-electron chi connectivity index (χ3n) is 4.48. The third-order valence-corrected chi connectivity index (χ3v) is 5.53. The van der Waals surface area contributed by atoms with Crippen molar-refractivity contribution in [3.05, 3.63) is 16.1 Å². The molecule has 1 saturated heterocycles. The number of nitrogens with one attached hydrogen (secondary N) is 2. The molecule has 1 aromatic heterocycles. The molecule has 7 heteroatoms. The molecule has 5 nitrogen and oxygen atoms in total. The normalized spacial score (nSPS) is 16.8. The Bertz CT molecular complexity index is 509. The maximum Gasteiger partial charge on any atom is 0.191 e. The van der Waals surface area contributed by atoms with E-state index in [-0.39, 0.29) is 24.0 Å². The summed E-state index contributed by atoms with van der Waals surface area (Å²) in [5.41, 5.74) is 1.17. The van der Waals surface area contributed by atoms with E-state index in [9.17, 15) is 0 Å². The van der Waals surface area contributed by atoms with E-state index >= 15 is 0 Å². The van der Waals surface area contributed by atoms with Crippen molar-refractivity contribution in [2.45, 2.75) is 65.5 Å². The van der Waals surface area contributed by atoms with Gasteiger partial charge >= 0.3 is 0 Å². The molecule has 144 valence electrons. The number of aliphatic imine (C=N–C) groups is 1. The number of halogens is 1. The van der Waals surface area contributed by atoms with Crippen LogP contribution in [0.15, 0.2) is 10.4 Å². The lowest BCUT2D eigenvalue weighted by atomic mass is 10.0. The van der Waals surface area contributed by atoms with Crippen LogP contribution in [-0.4, -0.2) is 54.1 Å². The maximum absolute atomic E-state index is 4.74. The Kier molecular flexibility index (Phi) is 10.9. The van der Waals surface area contributed by atoms with E-state index in [1.807, 2.05) is 0 Å². The number of hydrogen-bond donors (Lipinski definition) is 2. The molecule has 1 fully saturated rings. The summed E-state index contributed by atoms with van der Waals surface area (Å²) in [6, 6.07) is 1.18. The van der Waals surface area contributed by atoms with E-state index in [1.54, 1.807) is 11.3 Å². The number of piperidine rings is 1. The second-order valence-electron chi connectivity index (χ2n) is 6.65. The zero-order valence-electron chi connectivity index (χ0n) is 16.0. The number of rotatable bonds is 7. The van der Waals surface area contributed by atoms with Crippen molar-refractivity contribution in [3.63, 3.8) is 0 Å². The molecule has 0 radical (unpaired) electrons. The summed E-state index contributed by atoms with van der Waals surface area (Å²) in [4.78, 5) is 11.9. The van der Waals surface area contributed by atoms with E-state index in [2.05, 4.69) is 53.6 Å². The highest BCUT2D eigenvalue weighted by molar-refractivity contribution is 14.0. The van der Waals surface area contributed by atoms with Crippen LogP contribution in [0.4, 0.5) is 0 Å². The average molecular weight is 479 g/mol. The maximum atomic E-state index is 4.74. The molecule has 0 bridgehead atoms. The van der Waals surface area contributed by atoms with Crippen molar-refractivity contribution in [2.75, 3.05) is 26.2 Å². The molecule has 0 spiro atoms. The molecular formula is C18H34IN5S. The van der Waals surface area contributed by atoms with Crippen LogP contribution in [0.1, 0.15) is 51.2 Å². The quantitative estimate of drug-likeness (QED) is 0.358. The number of hydrogen-bond acceptors (Lipinski definition) is 4. The summed E-state index contributed by atoms with van der Waals surface area (Å²) in [7, 11) is 0. The summed E-state index contributed by atoms with van der Waals surface area (Å²) in [6.07, 6.45) is 4.31. The van der Waals surface area contributed by atoms with Crippen LogP contribution < -0.4 is 10.6 Å². The number of guanidine groups is 1. The molecule has 0 amide bonds. The summed E-state index contributed by atoms with van der Waals surface area (Å²) >= 11 is 1.75. The predicted molar refractivity (Wildman–Crippen MR) is 119 cm³/mol. The van der Waals surface area contributed by atoms with Crippen molar-refractivity contribution in [2.24, 2.45) is 4.99 Å². The zero-order chi connectivity index (χ0) is 17.4. The number of aryl methyl sites for hydroxylation is 1. The highest BCUT2D eigenvalue weighted by atomic mass is 127. The van der Waals surface area contributed by atoms with Crippen molar-refractivity contribution in [1.82, 2.24) is 20.5 Å². The van der Waals surface area contributed by atoms with Gasteiger partial charge in [0.25, 0.3) is 0 Å². The second kappa shape index (κ2) is 12.1. The molecule has 2 heterocycles. The molecule has 2 rings (SSSR count). The third kappa shape index (κ3) is 7.78. The molecule has 0 aromatic carbocycles. The molecular weight excluding hydrogens is 445 g/mol. The van der Waals surface area contributed by atoms with Gasteiger partial charge in [-0.25, -0.2) is 4.98 Å². The Morgan fingerprint density at radius 1 is 1.36 bits per heavy atom. The highest BCUT2D eigenvalue weighted by Crippen LogP contribution is 2.13. The minimum absolute atomic E-state index is 0. The zero-order valence-corrected chi connectivity index (χ0v) is 19.2. The monoisotopic (exact) mass is 479 g/mol. The molecule has 1 aliphatic heterocycles. The van der Waals surface area contributed by atoms with E-state index in [0.717, 1.165) is 31.9 Å². The van der Waals surface area contributed by atoms with Crippen molar-refractivity contribution in [3.8, 4) is 0 Å². The lowest BCUT2D eigenvalue weighted by Crippen LogP contribution is -2.49. The van der Waals surface area contributed by atoms with Gasteiger partial charge in [-0.15, -0.1) is 35.3 Å². The topological polar surface area (TPSA) is 52.6 Å². The molecule has 0 unspecified atom stereocenters. The fourth-order valence-corrected chi connectivity index (χ4v) is 3.76. The summed E-state index contributed by atoms with van der Waals surface area (Å²) < 4.78 is 0. The van der Waals surface area contributed by atoms with Gasteiger partial charge in [-0.2, -0.15) is 0 Å². The second-order valence-corrected chi connectivity index (χ2v) is 7.59. The number of nitrogens with zero attached hydrogens (tertiary/aromatic N) is 3. The highest BCUT2D eigenvalue weighted by Gasteiger charge is 2.21. The first-order chi connectivity index (χ1) is 11.6. The van der Waals surface area contributed by atoms with Crippen LogP contribution in [0.5, 0.6) is 0 Å². The summed E-state index contributed by atoms with van der Waals surface area (Å²) in [5.74, 6) is 0.950. The van der Waals surface area contributed by atoms with Gasteiger partial charge in [0.15, 0.2) is 5.96 Å². The Labute approximate surface area is 174 Å². The Hall–Kier alpha value is -0.410. The van der Waals surface area contributed by atoms with Gasteiger partial charge in [0.1, 0.15) is 0 Å². The fraction of sp³-hybridized carbons (Fsp3) is 0.778. The van der Waals surface area contributed by atoms with Gasteiger partial charge in [0, 0.05) is 50.1 Å². The largest absolute Gasteiger partial charge is 0.357 e. The molecule has 0 saturated carbocycles. The Morgan fingerprint density at radius 3 is 2.64 bits per heavy atom. The average Bonchev–Trinajstić information content (AvgIpc) is 3.03. The van der Waals surface area contributed by atoms with E-state index in [1.165, 1.54) is 36.6 Å². The van der Waals surface area contributed by atoms with Gasteiger partial charge in [0.2, 0.25) is 0 Å². The van der Waals surface area contributed by atoms with Crippen molar-refractivity contribution >= 4 is 41.3 Å². The smallest absolute Gasteiger partial charge is 0.191 e. The SMILES string of the molecule is CCNC(=NCCc1csc(CC)n1)NC1CCN(C(C)C)CC1.I. The Morgan fingerprint density at radius 2 is 2.08 bits per heavy atom. The summed E-state index contributed by atoms with van der Waals surface area (Å²) in [6.45, 7) is 12.9. The lowest BCUT2D eigenvalue weighted by molar-refractivity contribution is 0.167. The van der Waals surface area contributed by atoms with Gasteiger partial charge in [-0.3, -0.25) is 4.99 Å².